The molecule has 0 fully saturated rings. The van der Waals surface area contributed by atoms with Gasteiger partial charge in [-0.05, 0) is 36.4 Å². The van der Waals surface area contributed by atoms with E-state index in [0.717, 1.165) is 5.56 Å². The summed E-state index contributed by atoms with van der Waals surface area (Å²) >= 11 is 5.86. The molecule has 0 N–H and O–H groups in total. The van der Waals surface area contributed by atoms with Gasteiger partial charge in [0.1, 0.15) is 12.4 Å². The lowest BCUT2D eigenvalue weighted by molar-refractivity contribution is -0.129. The number of halogens is 1. The van der Waals surface area contributed by atoms with Gasteiger partial charge in [0.2, 0.25) is 5.90 Å². The number of esters is 1. The number of carbonyl (C=O) groups excluding carboxylic acids is 1. The highest BCUT2D eigenvalue weighted by atomic mass is 35.5. The number of benzene rings is 2. The molecule has 0 bridgehead atoms. The maximum Gasteiger partial charge on any atom is 0.363 e. The summed E-state index contributed by atoms with van der Waals surface area (Å²) in [5.74, 6) is 0.402. The molecular weight excluding hydrogens is 326 g/mol. The largest absolute Gasteiger partial charge is 0.489 e. The molecule has 0 saturated carbocycles. The van der Waals surface area contributed by atoms with E-state index >= 15 is 0 Å². The number of aliphatic imine (C=N–C) groups is 1. The molecule has 0 spiro atoms. The van der Waals surface area contributed by atoms with Crippen molar-refractivity contribution in [1.29, 1.82) is 0 Å². The molecule has 0 aliphatic carbocycles. The first-order valence-electron chi connectivity index (χ1n) is 7.28. The zero-order valence-corrected chi connectivity index (χ0v) is 13.5. The highest BCUT2D eigenvalue weighted by molar-refractivity contribution is 6.30. The first kappa shape index (κ1) is 16.0. The van der Waals surface area contributed by atoms with Crippen LogP contribution in [0.3, 0.4) is 0 Å². The number of para-hydroxylation sites is 1. The summed E-state index contributed by atoms with van der Waals surface area (Å²) in [4.78, 5) is 16.3. The summed E-state index contributed by atoms with van der Waals surface area (Å²) in [6.45, 7) is 4.00. The van der Waals surface area contributed by atoms with E-state index in [1.54, 1.807) is 36.4 Å². The molecule has 1 aliphatic rings. The van der Waals surface area contributed by atoms with Gasteiger partial charge in [-0.15, -0.1) is 0 Å². The molecule has 1 heterocycles. The standard InChI is InChI=1S/C19H14ClNO3/c1-2-11-23-17-6-4-3-5-14(17)12-16-19(22)24-18(21-16)13-7-9-15(20)10-8-13/h2-10,12H,1,11H2. The van der Waals surface area contributed by atoms with E-state index in [2.05, 4.69) is 11.6 Å². The fourth-order valence-corrected chi connectivity index (χ4v) is 2.28. The van der Waals surface area contributed by atoms with Crippen LogP contribution in [-0.4, -0.2) is 18.5 Å². The Morgan fingerprint density at radius 1 is 1.17 bits per heavy atom. The molecule has 0 aromatic heterocycles. The average Bonchev–Trinajstić information content (AvgIpc) is 2.95. The highest BCUT2D eigenvalue weighted by Crippen LogP contribution is 2.25. The normalized spacial score (nSPS) is 15.1. The zero-order valence-electron chi connectivity index (χ0n) is 12.7. The fraction of sp³-hybridized carbons (Fsp3) is 0.0526. The summed E-state index contributed by atoms with van der Waals surface area (Å²) in [6, 6.07) is 14.3. The maximum atomic E-state index is 12.1. The van der Waals surface area contributed by atoms with Crippen LogP contribution in [0.25, 0.3) is 6.08 Å². The van der Waals surface area contributed by atoms with Crippen LogP contribution in [0, 0.1) is 0 Å². The molecule has 0 amide bonds. The van der Waals surface area contributed by atoms with E-state index in [1.807, 2.05) is 24.3 Å². The van der Waals surface area contributed by atoms with Gasteiger partial charge in [-0.2, -0.15) is 0 Å². The Kier molecular flexibility index (Phi) is 4.77. The first-order valence-corrected chi connectivity index (χ1v) is 7.66. The van der Waals surface area contributed by atoms with Crippen molar-refractivity contribution in [3.63, 3.8) is 0 Å². The smallest absolute Gasteiger partial charge is 0.363 e. The molecule has 2 aromatic carbocycles. The van der Waals surface area contributed by atoms with Gasteiger partial charge in [-0.25, -0.2) is 9.79 Å². The highest BCUT2D eigenvalue weighted by Gasteiger charge is 2.24. The van der Waals surface area contributed by atoms with E-state index in [0.29, 0.717) is 22.9 Å². The van der Waals surface area contributed by atoms with Crippen LogP contribution >= 0.6 is 11.6 Å². The van der Waals surface area contributed by atoms with Crippen LogP contribution in [0.5, 0.6) is 5.75 Å². The minimum atomic E-state index is -0.501. The van der Waals surface area contributed by atoms with Crippen LogP contribution in [0.2, 0.25) is 5.02 Å². The number of hydrogen-bond donors (Lipinski definition) is 0. The summed E-state index contributed by atoms with van der Waals surface area (Å²) in [7, 11) is 0. The molecule has 1 aliphatic heterocycles. The summed E-state index contributed by atoms with van der Waals surface area (Å²) in [6.07, 6.45) is 3.30. The van der Waals surface area contributed by atoms with Gasteiger partial charge in [0.15, 0.2) is 5.70 Å². The van der Waals surface area contributed by atoms with Gasteiger partial charge >= 0.3 is 5.97 Å². The van der Waals surface area contributed by atoms with Gasteiger partial charge in [0.25, 0.3) is 0 Å². The molecule has 3 rings (SSSR count). The van der Waals surface area contributed by atoms with Crippen molar-refractivity contribution in [3.05, 3.63) is 83.0 Å². The maximum absolute atomic E-state index is 12.1. The molecule has 0 atom stereocenters. The lowest BCUT2D eigenvalue weighted by atomic mass is 10.1. The second kappa shape index (κ2) is 7.15. The Morgan fingerprint density at radius 3 is 2.67 bits per heavy atom. The quantitative estimate of drug-likeness (QED) is 0.465. The Labute approximate surface area is 144 Å². The predicted molar refractivity (Wildman–Crippen MR) is 94.2 cm³/mol. The van der Waals surface area contributed by atoms with Crippen LogP contribution in [0.1, 0.15) is 11.1 Å². The van der Waals surface area contributed by atoms with Crippen molar-refractivity contribution in [2.75, 3.05) is 6.61 Å². The Bertz CT molecular complexity index is 838. The van der Waals surface area contributed by atoms with Crippen molar-refractivity contribution in [1.82, 2.24) is 0 Å². The third-order valence-corrected chi connectivity index (χ3v) is 3.53. The van der Waals surface area contributed by atoms with Crippen molar-refractivity contribution < 1.29 is 14.3 Å². The molecule has 24 heavy (non-hydrogen) atoms. The third kappa shape index (κ3) is 3.55. The molecule has 5 heteroatoms. The topological polar surface area (TPSA) is 47.9 Å². The van der Waals surface area contributed by atoms with Crippen LogP contribution in [0.4, 0.5) is 0 Å². The molecule has 0 unspecified atom stereocenters. The van der Waals surface area contributed by atoms with Crippen molar-refractivity contribution in [3.8, 4) is 5.75 Å². The second-order valence-corrected chi connectivity index (χ2v) is 5.42. The SMILES string of the molecule is C=CCOc1ccccc1C=C1N=C(c2ccc(Cl)cc2)OC1=O. The fourth-order valence-electron chi connectivity index (χ4n) is 2.15. The van der Waals surface area contributed by atoms with E-state index in [4.69, 9.17) is 21.1 Å². The van der Waals surface area contributed by atoms with Crippen LogP contribution in [-0.2, 0) is 9.53 Å². The van der Waals surface area contributed by atoms with E-state index < -0.39 is 5.97 Å². The van der Waals surface area contributed by atoms with Gasteiger partial charge in [-0.3, -0.25) is 0 Å². The minimum Gasteiger partial charge on any atom is -0.489 e. The lowest BCUT2D eigenvalue weighted by Gasteiger charge is -2.06. The number of hydrogen-bond acceptors (Lipinski definition) is 4. The van der Waals surface area contributed by atoms with Crippen molar-refractivity contribution >= 4 is 29.5 Å². The molecule has 0 radical (unpaired) electrons. The Balaban J connectivity index is 1.91. The number of rotatable bonds is 5. The number of nitrogens with zero attached hydrogens (tertiary/aromatic N) is 1. The summed E-state index contributed by atoms with van der Waals surface area (Å²) in [5.41, 5.74) is 1.65. The number of cyclic esters (lactones) is 1. The van der Waals surface area contributed by atoms with Crippen molar-refractivity contribution in [2.45, 2.75) is 0 Å². The van der Waals surface area contributed by atoms with E-state index in [-0.39, 0.29) is 11.6 Å². The number of ether oxygens (including phenoxy) is 2. The van der Waals surface area contributed by atoms with Crippen LogP contribution in [0.15, 0.2) is 71.9 Å². The molecule has 0 saturated heterocycles. The van der Waals surface area contributed by atoms with E-state index in [9.17, 15) is 4.79 Å². The lowest BCUT2D eigenvalue weighted by Crippen LogP contribution is -2.05. The van der Waals surface area contributed by atoms with Crippen LogP contribution < -0.4 is 4.74 Å². The average molecular weight is 340 g/mol. The van der Waals surface area contributed by atoms with E-state index in [1.165, 1.54) is 0 Å². The number of carbonyl (C=O) groups is 1. The predicted octanol–water partition coefficient (Wildman–Crippen LogP) is 4.25. The Morgan fingerprint density at radius 2 is 1.92 bits per heavy atom. The molecule has 120 valence electrons. The summed E-state index contributed by atoms with van der Waals surface area (Å²) in [5, 5.41) is 0.604. The molecule has 2 aromatic rings. The van der Waals surface area contributed by atoms with Gasteiger partial charge in [0.05, 0.1) is 0 Å². The second-order valence-electron chi connectivity index (χ2n) is 4.98. The summed E-state index contributed by atoms with van der Waals surface area (Å²) < 4.78 is 10.8. The van der Waals surface area contributed by atoms with Gasteiger partial charge in [0, 0.05) is 16.1 Å². The van der Waals surface area contributed by atoms with Gasteiger partial charge in [-0.1, -0.05) is 42.5 Å². The first-order chi connectivity index (χ1) is 11.7. The van der Waals surface area contributed by atoms with Crippen molar-refractivity contribution in [2.24, 2.45) is 4.99 Å². The minimum absolute atomic E-state index is 0.217. The third-order valence-electron chi connectivity index (χ3n) is 3.28. The van der Waals surface area contributed by atoms with Gasteiger partial charge < -0.3 is 9.47 Å². The molecule has 4 nitrogen and oxygen atoms in total. The Hall–Kier alpha value is -2.85. The zero-order chi connectivity index (χ0) is 16.9. The monoisotopic (exact) mass is 339 g/mol. The molecular formula is C19H14ClNO3.